The SMILES string of the molecule is CCC(C)C(NC(=O)OC(C)(C)C)C(=O)N(C(C(=O)NC1CCCCC1)c1ccccc1C)C1CC1C. The summed E-state index contributed by atoms with van der Waals surface area (Å²) >= 11 is 0. The Labute approximate surface area is 223 Å². The molecule has 0 saturated heterocycles. The van der Waals surface area contributed by atoms with Crippen LogP contribution in [-0.4, -0.2) is 46.5 Å². The predicted octanol–water partition coefficient (Wildman–Crippen LogP) is 5.66. The van der Waals surface area contributed by atoms with Crippen LogP contribution in [-0.2, 0) is 14.3 Å². The molecular formula is C30H47N3O4. The first-order chi connectivity index (χ1) is 17.4. The molecule has 2 fully saturated rings. The van der Waals surface area contributed by atoms with Gasteiger partial charge in [0.1, 0.15) is 17.7 Å². The Balaban J connectivity index is 1.99. The van der Waals surface area contributed by atoms with Gasteiger partial charge < -0.3 is 20.3 Å². The van der Waals surface area contributed by atoms with Crippen molar-refractivity contribution in [2.24, 2.45) is 11.8 Å². The molecule has 5 unspecified atom stereocenters. The van der Waals surface area contributed by atoms with E-state index in [1.165, 1.54) is 6.42 Å². The zero-order valence-electron chi connectivity index (χ0n) is 23.8. The van der Waals surface area contributed by atoms with E-state index in [9.17, 15) is 14.4 Å². The number of amides is 3. The summed E-state index contributed by atoms with van der Waals surface area (Å²) in [6.45, 7) is 13.5. The van der Waals surface area contributed by atoms with E-state index >= 15 is 0 Å². The summed E-state index contributed by atoms with van der Waals surface area (Å²) in [6.07, 6.45) is 6.27. The lowest BCUT2D eigenvalue weighted by Crippen LogP contribution is -2.56. The van der Waals surface area contributed by atoms with Gasteiger partial charge in [-0.3, -0.25) is 9.59 Å². The molecule has 1 aromatic carbocycles. The van der Waals surface area contributed by atoms with Gasteiger partial charge in [0.15, 0.2) is 0 Å². The van der Waals surface area contributed by atoms with E-state index in [1.807, 2.05) is 45.0 Å². The predicted molar refractivity (Wildman–Crippen MR) is 146 cm³/mol. The standard InChI is InChI=1S/C30H47N3O4/c1-8-19(2)25(32-29(36)37-30(5,6)7)28(35)33(24-18-21(24)4)26(23-17-13-12-14-20(23)3)27(34)31-22-15-10-9-11-16-22/h12-14,17,19,21-22,24-26H,8-11,15-16,18H2,1-7H3,(H,31,34)(H,32,36). The highest BCUT2D eigenvalue weighted by atomic mass is 16.6. The number of alkyl carbamates (subject to hydrolysis) is 1. The number of hydrogen-bond donors (Lipinski definition) is 2. The summed E-state index contributed by atoms with van der Waals surface area (Å²) in [7, 11) is 0. The largest absolute Gasteiger partial charge is 0.444 e. The van der Waals surface area contributed by atoms with E-state index in [0.717, 1.165) is 43.2 Å². The third-order valence-corrected chi connectivity index (χ3v) is 7.79. The molecule has 7 nitrogen and oxygen atoms in total. The summed E-state index contributed by atoms with van der Waals surface area (Å²) in [5.74, 6) is -0.192. The first-order valence-corrected chi connectivity index (χ1v) is 14.1. The van der Waals surface area contributed by atoms with Crippen molar-refractivity contribution in [2.75, 3.05) is 0 Å². The summed E-state index contributed by atoms with van der Waals surface area (Å²) in [5, 5.41) is 6.15. The van der Waals surface area contributed by atoms with Crippen molar-refractivity contribution < 1.29 is 19.1 Å². The van der Waals surface area contributed by atoms with Crippen LogP contribution in [0.2, 0.25) is 0 Å². The highest BCUT2D eigenvalue weighted by molar-refractivity contribution is 5.93. The summed E-state index contributed by atoms with van der Waals surface area (Å²) in [4.78, 5) is 42.9. The molecule has 37 heavy (non-hydrogen) atoms. The Morgan fingerprint density at radius 3 is 2.27 bits per heavy atom. The Morgan fingerprint density at radius 2 is 1.73 bits per heavy atom. The molecule has 206 valence electrons. The normalized spacial score (nSPS) is 22.4. The maximum Gasteiger partial charge on any atom is 0.408 e. The van der Waals surface area contributed by atoms with Gasteiger partial charge in [-0.15, -0.1) is 0 Å². The van der Waals surface area contributed by atoms with E-state index in [-0.39, 0.29) is 35.7 Å². The Morgan fingerprint density at radius 1 is 1.11 bits per heavy atom. The molecule has 2 saturated carbocycles. The second kappa shape index (κ2) is 12.3. The average molecular weight is 514 g/mol. The first kappa shape index (κ1) is 29.0. The number of benzene rings is 1. The summed E-state index contributed by atoms with van der Waals surface area (Å²) in [6, 6.07) is 6.35. The topological polar surface area (TPSA) is 87.7 Å². The van der Waals surface area contributed by atoms with Crippen LogP contribution in [0.25, 0.3) is 0 Å². The fraction of sp³-hybridized carbons (Fsp3) is 0.700. The van der Waals surface area contributed by atoms with Crippen molar-refractivity contribution in [3.8, 4) is 0 Å². The zero-order valence-corrected chi connectivity index (χ0v) is 23.8. The summed E-state index contributed by atoms with van der Waals surface area (Å²) in [5.41, 5.74) is 1.13. The molecule has 5 atom stereocenters. The third kappa shape index (κ3) is 7.71. The van der Waals surface area contributed by atoms with Gasteiger partial charge in [0.05, 0.1) is 0 Å². The second-order valence-electron chi connectivity index (χ2n) is 12.1. The Kier molecular flexibility index (Phi) is 9.65. The molecule has 2 aliphatic carbocycles. The van der Waals surface area contributed by atoms with Crippen molar-refractivity contribution in [1.82, 2.24) is 15.5 Å². The van der Waals surface area contributed by atoms with Crippen molar-refractivity contribution >= 4 is 17.9 Å². The van der Waals surface area contributed by atoms with Gasteiger partial charge in [-0.2, -0.15) is 0 Å². The number of nitrogens with zero attached hydrogens (tertiary/aromatic N) is 1. The molecule has 0 aliphatic heterocycles. The van der Waals surface area contributed by atoms with Crippen LogP contribution >= 0.6 is 0 Å². The maximum atomic E-state index is 14.4. The van der Waals surface area contributed by atoms with Crippen molar-refractivity contribution in [1.29, 1.82) is 0 Å². The highest BCUT2D eigenvalue weighted by Crippen LogP contribution is 2.42. The fourth-order valence-electron chi connectivity index (χ4n) is 5.29. The lowest BCUT2D eigenvalue weighted by atomic mass is 9.92. The van der Waals surface area contributed by atoms with Gasteiger partial charge in [0, 0.05) is 12.1 Å². The summed E-state index contributed by atoms with van der Waals surface area (Å²) < 4.78 is 5.50. The lowest BCUT2D eigenvalue weighted by Gasteiger charge is -2.38. The average Bonchev–Trinajstić information content (AvgIpc) is 3.55. The molecule has 0 spiro atoms. The third-order valence-electron chi connectivity index (χ3n) is 7.79. The van der Waals surface area contributed by atoms with Crippen molar-refractivity contribution in [3.05, 3.63) is 35.4 Å². The van der Waals surface area contributed by atoms with Gasteiger partial charge in [0.25, 0.3) is 0 Å². The fourth-order valence-corrected chi connectivity index (χ4v) is 5.29. The van der Waals surface area contributed by atoms with E-state index in [0.29, 0.717) is 6.42 Å². The maximum absolute atomic E-state index is 14.4. The highest BCUT2D eigenvalue weighted by Gasteiger charge is 2.49. The van der Waals surface area contributed by atoms with Crippen LogP contribution in [0.15, 0.2) is 24.3 Å². The number of hydrogen-bond acceptors (Lipinski definition) is 4. The van der Waals surface area contributed by atoms with E-state index in [2.05, 4.69) is 17.6 Å². The Hall–Kier alpha value is -2.57. The molecule has 2 N–H and O–H groups in total. The van der Waals surface area contributed by atoms with E-state index in [4.69, 9.17) is 4.74 Å². The number of nitrogens with one attached hydrogen (secondary N) is 2. The molecule has 3 rings (SSSR count). The van der Waals surface area contributed by atoms with E-state index < -0.39 is 23.8 Å². The number of rotatable bonds is 9. The second-order valence-corrected chi connectivity index (χ2v) is 12.1. The minimum Gasteiger partial charge on any atom is -0.444 e. The van der Waals surface area contributed by atoms with Crippen LogP contribution in [0.5, 0.6) is 0 Å². The molecular weight excluding hydrogens is 466 g/mol. The zero-order chi connectivity index (χ0) is 27.3. The van der Waals surface area contributed by atoms with Crippen LogP contribution in [0.1, 0.15) is 104 Å². The van der Waals surface area contributed by atoms with Crippen LogP contribution in [0, 0.1) is 18.8 Å². The van der Waals surface area contributed by atoms with Crippen molar-refractivity contribution in [3.63, 3.8) is 0 Å². The molecule has 0 radical (unpaired) electrons. The number of carbonyl (C=O) groups is 3. The number of ether oxygens (including phenoxy) is 1. The lowest BCUT2D eigenvalue weighted by molar-refractivity contribution is -0.144. The Bertz CT molecular complexity index is 950. The van der Waals surface area contributed by atoms with Gasteiger partial charge in [-0.1, -0.05) is 70.7 Å². The van der Waals surface area contributed by atoms with Crippen molar-refractivity contribution in [2.45, 2.75) is 123 Å². The number of carbonyl (C=O) groups excluding carboxylic acids is 3. The quantitative estimate of drug-likeness (QED) is 0.446. The molecule has 1 aromatic rings. The monoisotopic (exact) mass is 513 g/mol. The minimum atomic E-state index is -0.790. The van der Waals surface area contributed by atoms with E-state index in [1.54, 1.807) is 25.7 Å². The van der Waals surface area contributed by atoms with Crippen LogP contribution in [0.4, 0.5) is 4.79 Å². The van der Waals surface area contributed by atoms with Crippen LogP contribution in [0.3, 0.4) is 0 Å². The molecule has 0 bridgehead atoms. The smallest absolute Gasteiger partial charge is 0.408 e. The molecule has 7 heteroatoms. The first-order valence-electron chi connectivity index (χ1n) is 14.1. The molecule has 2 aliphatic rings. The van der Waals surface area contributed by atoms with Gasteiger partial charge >= 0.3 is 6.09 Å². The van der Waals surface area contributed by atoms with Crippen LogP contribution < -0.4 is 10.6 Å². The van der Waals surface area contributed by atoms with Gasteiger partial charge in [-0.25, -0.2) is 4.79 Å². The molecule has 0 aromatic heterocycles. The molecule has 0 heterocycles. The number of aryl methyl sites for hydroxylation is 1. The van der Waals surface area contributed by atoms with Gasteiger partial charge in [0.2, 0.25) is 11.8 Å². The van der Waals surface area contributed by atoms with Gasteiger partial charge in [-0.05, 0) is 69.9 Å². The minimum absolute atomic E-state index is 0.0544. The molecule has 3 amide bonds.